The Morgan fingerprint density at radius 3 is 2.59 bits per heavy atom. The van der Waals surface area contributed by atoms with Gasteiger partial charge in [0.2, 0.25) is 5.91 Å². The van der Waals surface area contributed by atoms with E-state index >= 15 is 0 Å². The number of hydrogen-bond donors (Lipinski definition) is 1. The van der Waals surface area contributed by atoms with Crippen LogP contribution in [0.15, 0.2) is 41.8 Å². The summed E-state index contributed by atoms with van der Waals surface area (Å²) in [7, 11) is 0. The van der Waals surface area contributed by atoms with Crippen LogP contribution in [0.4, 0.5) is 10.5 Å². The van der Waals surface area contributed by atoms with E-state index in [4.69, 9.17) is 4.74 Å². The van der Waals surface area contributed by atoms with E-state index in [1.807, 2.05) is 41.8 Å². The van der Waals surface area contributed by atoms with Crippen molar-refractivity contribution in [2.24, 2.45) is 0 Å². The summed E-state index contributed by atoms with van der Waals surface area (Å²) in [5.74, 6) is -1.43. The normalized spacial score (nSPS) is 18.2. The highest BCUT2D eigenvalue weighted by Crippen LogP contribution is 2.34. The van der Waals surface area contributed by atoms with E-state index in [1.54, 1.807) is 11.3 Å². The van der Waals surface area contributed by atoms with Gasteiger partial charge in [-0.1, -0.05) is 30.7 Å². The smallest absolute Gasteiger partial charge is 0.415 e. The fraction of sp³-hybridized carbons (Fsp3) is 0.458. The molecule has 7 nitrogen and oxygen atoms in total. The standard InChI is InChI=1S/C24H28N2O5S/c27-22(28)16-25(13-12-19-10-6-14-32-19)23(29)21-15-17-7-4-5-11-20(17)26(21)24(30)31-18-8-2-1-3-9-18/h4-7,10-11,14,18,21H,1-3,8-9,12-13,15-16H2,(H,27,28)/t21-/m1/s1. The average molecular weight is 457 g/mol. The van der Waals surface area contributed by atoms with Gasteiger partial charge in [0.25, 0.3) is 0 Å². The van der Waals surface area contributed by atoms with Gasteiger partial charge in [0.15, 0.2) is 0 Å². The molecule has 1 N–H and O–H groups in total. The first-order valence-corrected chi connectivity index (χ1v) is 12.0. The number of para-hydroxylation sites is 1. The quantitative estimate of drug-likeness (QED) is 0.678. The van der Waals surface area contributed by atoms with Crippen LogP contribution in [0.25, 0.3) is 0 Å². The summed E-state index contributed by atoms with van der Waals surface area (Å²) in [5.41, 5.74) is 1.56. The molecule has 8 heteroatoms. The van der Waals surface area contributed by atoms with Gasteiger partial charge in [0.05, 0.1) is 5.69 Å². The molecule has 170 valence electrons. The van der Waals surface area contributed by atoms with Crippen LogP contribution in [0.1, 0.15) is 42.5 Å². The molecule has 0 bridgehead atoms. The fourth-order valence-electron chi connectivity index (χ4n) is 4.53. The molecule has 1 aromatic heterocycles. The largest absolute Gasteiger partial charge is 0.480 e. The van der Waals surface area contributed by atoms with Crippen molar-refractivity contribution in [2.75, 3.05) is 18.0 Å². The lowest BCUT2D eigenvalue weighted by atomic mass is 9.98. The summed E-state index contributed by atoms with van der Waals surface area (Å²) in [6.07, 6.45) is 5.17. The number of benzene rings is 1. The third-order valence-electron chi connectivity index (χ3n) is 6.12. The maximum atomic E-state index is 13.5. The van der Waals surface area contributed by atoms with Gasteiger partial charge in [-0.15, -0.1) is 11.3 Å². The van der Waals surface area contributed by atoms with Gasteiger partial charge in [-0.05, 0) is 55.2 Å². The van der Waals surface area contributed by atoms with Crippen molar-refractivity contribution < 1.29 is 24.2 Å². The van der Waals surface area contributed by atoms with Crippen LogP contribution in [0.2, 0.25) is 0 Å². The minimum atomic E-state index is -1.07. The average Bonchev–Trinajstić information content (AvgIpc) is 3.44. The van der Waals surface area contributed by atoms with Crippen molar-refractivity contribution in [3.63, 3.8) is 0 Å². The van der Waals surface area contributed by atoms with Gasteiger partial charge in [-0.2, -0.15) is 0 Å². The number of carboxylic acid groups (broad SMARTS) is 1. The number of rotatable bonds is 7. The zero-order valence-corrected chi connectivity index (χ0v) is 18.8. The van der Waals surface area contributed by atoms with Crippen LogP contribution in [-0.2, 0) is 27.2 Å². The van der Waals surface area contributed by atoms with E-state index in [1.165, 1.54) is 9.80 Å². The number of ether oxygens (including phenoxy) is 1. The number of hydrogen-bond acceptors (Lipinski definition) is 5. The van der Waals surface area contributed by atoms with Gasteiger partial charge in [-0.25, -0.2) is 4.79 Å². The highest BCUT2D eigenvalue weighted by molar-refractivity contribution is 7.09. The lowest BCUT2D eigenvalue weighted by Crippen LogP contribution is -2.52. The molecule has 0 spiro atoms. The SMILES string of the molecule is O=C(O)CN(CCc1cccs1)C(=O)[C@H]1Cc2ccccc2N1C(=O)OC1CCCCC1. The van der Waals surface area contributed by atoms with Gasteiger partial charge < -0.3 is 14.7 Å². The van der Waals surface area contributed by atoms with Crippen LogP contribution >= 0.6 is 11.3 Å². The Morgan fingerprint density at radius 1 is 1.09 bits per heavy atom. The van der Waals surface area contributed by atoms with E-state index in [-0.39, 0.29) is 18.6 Å². The zero-order valence-electron chi connectivity index (χ0n) is 17.9. The maximum absolute atomic E-state index is 13.5. The van der Waals surface area contributed by atoms with Crippen LogP contribution < -0.4 is 4.90 Å². The highest BCUT2D eigenvalue weighted by Gasteiger charge is 2.42. The van der Waals surface area contributed by atoms with E-state index in [9.17, 15) is 19.5 Å². The van der Waals surface area contributed by atoms with Crippen molar-refractivity contribution in [2.45, 2.75) is 57.1 Å². The molecule has 1 fully saturated rings. The lowest BCUT2D eigenvalue weighted by molar-refractivity contribution is -0.144. The molecule has 1 saturated carbocycles. The van der Waals surface area contributed by atoms with Gasteiger partial charge in [0, 0.05) is 17.8 Å². The number of thiophene rings is 1. The molecule has 0 unspecified atom stereocenters. The zero-order chi connectivity index (χ0) is 22.5. The van der Waals surface area contributed by atoms with Crippen LogP contribution in [0.5, 0.6) is 0 Å². The molecule has 1 atom stereocenters. The molecular formula is C24H28N2O5S. The summed E-state index contributed by atoms with van der Waals surface area (Å²) in [6, 6.07) is 10.5. The number of aliphatic carboxylic acids is 1. The van der Waals surface area contributed by atoms with E-state index in [2.05, 4.69) is 0 Å². The van der Waals surface area contributed by atoms with Gasteiger partial charge in [-0.3, -0.25) is 14.5 Å². The van der Waals surface area contributed by atoms with Crippen molar-refractivity contribution in [3.05, 3.63) is 52.2 Å². The number of carboxylic acids is 1. The first-order chi connectivity index (χ1) is 15.5. The van der Waals surface area contributed by atoms with Crippen molar-refractivity contribution >= 4 is 35.0 Å². The number of amides is 2. The summed E-state index contributed by atoms with van der Waals surface area (Å²) < 4.78 is 5.79. The van der Waals surface area contributed by atoms with Crippen molar-refractivity contribution in [1.29, 1.82) is 0 Å². The molecule has 2 aromatic rings. The van der Waals surface area contributed by atoms with Gasteiger partial charge >= 0.3 is 12.1 Å². The number of nitrogens with zero attached hydrogens (tertiary/aromatic N) is 2. The third kappa shape index (κ3) is 5.12. The Hall–Kier alpha value is -2.87. The molecule has 32 heavy (non-hydrogen) atoms. The fourth-order valence-corrected chi connectivity index (χ4v) is 5.23. The number of carbonyl (C=O) groups is 3. The van der Waals surface area contributed by atoms with E-state index in [0.717, 1.165) is 42.5 Å². The minimum absolute atomic E-state index is 0.131. The number of carbonyl (C=O) groups excluding carboxylic acids is 2. The van der Waals surface area contributed by atoms with Crippen molar-refractivity contribution in [1.82, 2.24) is 4.90 Å². The Bertz CT molecular complexity index is 955. The Morgan fingerprint density at radius 2 is 1.88 bits per heavy atom. The Kier molecular flexibility index (Phi) is 7.09. The predicted octanol–water partition coefficient (Wildman–Crippen LogP) is 4.10. The summed E-state index contributed by atoms with van der Waals surface area (Å²) in [4.78, 5) is 42.1. The summed E-state index contributed by atoms with van der Waals surface area (Å²) in [6.45, 7) is -0.118. The molecular weight excluding hydrogens is 428 g/mol. The molecule has 0 saturated heterocycles. The first kappa shape index (κ1) is 22.3. The van der Waals surface area contributed by atoms with Crippen LogP contribution in [-0.4, -0.2) is 53.2 Å². The maximum Gasteiger partial charge on any atom is 0.415 e. The summed E-state index contributed by atoms with van der Waals surface area (Å²) in [5, 5.41) is 11.4. The molecule has 1 aliphatic heterocycles. The molecule has 0 radical (unpaired) electrons. The van der Waals surface area contributed by atoms with E-state index in [0.29, 0.717) is 18.5 Å². The monoisotopic (exact) mass is 456 g/mol. The molecule has 4 rings (SSSR count). The molecule has 2 aliphatic rings. The molecule has 2 heterocycles. The van der Waals surface area contributed by atoms with Gasteiger partial charge in [0.1, 0.15) is 18.7 Å². The summed E-state index contributed by atoms with van der Waals surface area (Å²) >= 11 is 1.57. The number of fused-ring (bicyclic) bond motifs is 1. The van der Waals surface area contributed by atoms with E-state index < -0.39 is 24.6 Å². The molecule has 1 aliphatic carbocycles. The molecule has 1 aromatic carbocycles. The highest BCUT2D eigenvalue weighted by atomic mass is 32.1. The first-order valence-electron chi connectivity index (χ1n) is 11.1. The van der Waals surface area contributed by atoms with Crippen molar-refractivity contribution in [3.8, 4) is 0 Å². The lowest BCUT2D eigenvalue weighted by Gasteiger charge is -2.31. The van der Waals surface area contributed by atoms with Crippen LogP contribution in [0, 0.1) is 0 Å². The number of anilines is 1. The Balaban J connectivity index is 1.54. The predicted molar refractivity (Wildman–Crippen MR) is 122 cm³/mol. The topological polar surface area (TPSA) is 87.2 Å². The molecule has 2 amide bonds. The second-order valence-electron chi connectivity index (χ2n) is 8.35. The minimum Gasteiger partial charge on any atom is -0.480 e. The second kappa shape index (κ2) is 10.2. The third-order valence-corrected chi connectivity index (χ3v) is 7.06. The Labute approximate surface area is 191 Å². The second-order valence-corrected chi connectivity index (χ2v) is 9.38. The van der Waals surface area contributed by atoms with Crippen LogP contribution in [0.3, 0.4) is 0 Å².